The van der Waals surface area contributed by atoms with E-state index in [1.165, 1.54) is 0 Å². The van der Waals surface area contributed by atoms with Gasteiger partial charge in [0.1, 0.15) is 0 Å². The van der Waals surface area contributed by atoms with Crippen LogP contribution in [-0.2, 0) is 18.3 Å². The van der Waals surface area contributed by atoms with Crippen molar-refractivity contribution in [1.82, 2.24) is 25.2 Å². The monoisotopic (exact) mass is 227 g/mol. The highest BCUT2D eigenvalue weighted by Crippen LogP contribution is 1.91. The van der Waals surface area contributed by atoms with E-state index < -0.39 is 0 Å². The molecule has 0 fully saturated rings. The fourth-order valence-corrected chi connectivity index (χ4v) is 1.32. The van der Waals surface area contributed by atoms with E-state index in [-0.39, 0.29) is 0 Å². The van der Waals surface area contributed by atoms with Gasteiger partial charge >= 0.3 is 0 Å². The van der Waals surface area contributed by atoms with E-state index in [1.54, 1.807) is 18.0 Å². The fourth-order valence-electron chi connectivity index (χ4n) is 1.32. The van der Waals surface area contributed by atoms with Crippen LogP contribution in [0.2, 0.25) is 0 Å². The number of hydrogen-bond donors (Lipinski definition) is 1. The number of methoxy groups -OCH3 is 1. The first kappa shape index (κ1) is 13.1. The molecule has 1 heterocycles. The molecule has 0 aliphatic carbocycles. The van der Waals surface area contributed by atoms with Gasteiger partial charge in [-0.2, -0.15) is 0 Å². The van der Waals surface area contributed by atoms with Crippen molar-refractivity contribution in [2.75, 3.05) is 40.4 Å². The Morgan fingerprint density at radius 3 is 2.94 bits per heavy atom. The molecule has 1 N–H and O–H groups in total. The van der Waals surface area contributed by atoms with Gasteiger partial charge in [0.15, 0.2) is 0 Å². The van der Waals surface area contributed by atoms with Crippen molar-refractivity contribution in [3.05, 3.63) is 11.9 Å². The topological polar surface area (TPSA) is 55.2 Å². The van der Waals surface area contributed by atoms with E-state index in [0.717, 1.165) is 38.5 Å². The normalized spacial score (nSPS) is 11.2. The molecule has 0 saturated carbocycles. The summed E-state index contributed by atoms with van der Waals surface area (Å²) in [6, 6.07) is 0. The number of nitrogens with one attached hydrogen (secondary N) is 1. The Labute approximate surface area is 96.6 Å². The van der Waals surface area contributed by atoms with Crippen LogP contribution >= 0.6 is 0 Å². The summed E-state index contributed by atoms with van der Waals surface area (Å²) < 4.78 is 6.79. The number of aryl methyl sites for hydroxylation is 1. The van der Waals surface area contributed by atoms with Gasteiger partial charge in [0.2, 0.25) is 0 Å². The Hall–Kier alpha value is -0.980. The molecule has 92 valence electrons. The summed E-state index contributed by atoms with van der Waals surface area (Å²) in [6.07, 6.45) is 1.78. The SMILES string of the molecule is COCCN(C)CCNCc1cnnn1C. The minimum atomic E-state index is 0.780. The molecule has 1 rings (SSSR count). The molecular weight excluding hydrogens is 206 g/mol. The number of likely N-dealkylation sites (N-methyl/N-ethyl adjacent to an activating group) is 1. The smallest absolute Gasteiger partial charge is 0.0738 e. The molecule has 0 radical (unpaired) electrons. The summed E-state index contributed by atoms with van der Waals surface area (Å²) in [7, 11) is 5.71. The van der Waals surface area contributed by atoms with Crippen LogP contribution in [0, 0.1) is 0 Å². The Morgan fingerprint density at radius 2 is 2.31 bits per heavy atom. The Morgan fingerprint density at radius 1 is 1.50 bits per heavy atom. The molecule has 1 aromatic heterocycles. The molecule has 1 aromatic rings. The van der Waals surface area contributed by atoms with Gasteiger partial charge in [-0.3, -0.25) is 4.68 Å². The largest absolute Gasteiger partial charge is 0.383 e. The number of hydrogen-bond acceptors (Lipinski definition) is 5. The van der Waals surface area contributed by atoms with Crippen LogP contribution in [-0.4, -0.2) is 60.3 Å². The number of aromatic nitrogens is 3. The maximum absolute atomic E-state index is 5.01. The highest BCUT2D eigenvalue weighted by atomic mass is 16.5. The van der Waals surface area contributed by atoms with E-state index in [0.29, 0.717) is 0 Å². The van der Waals surface area contributed by atoms with Crippen molar-refractivity contribution < 1.29 is 4.74 Å². The van der Waals surface area contributed by atoms with E-state index in [9.17, 15) is 0 Å². The van der Waals surface area contributed by atoms with Crippen molar-refractivity contribution in [2.45, 2.75) is 6.54 Å². The molecule has 0 bridgehead atoms. The zero-order chi connectivity index (χ0) is 11.8. The van der Waals surface area contributed by atoms with Crippen LogP contribution in [0.25, 0.3) is 0 Å². The van der Waals surface area contributed by atoms with E-state index in [2.05, 4.69) is 27.6 Å². The third kappa shape index (κ3) is 4.69. The predicted octanol–water partition coefficient (Wildman–Crippen LogP) is -0.517. The van der Waals surface area contributed by atoms with Gasteiger partial charge in [-0.05, 0) is 7.05 Å². The second-order valence-corrected chi connectivity index (χ2v) is 3.82. The van der Waals surface area contributed by atoms with Crippen LogP contribution in [0.15, 0.2) is 6.20 Å². The fraction of sp³-hybridized carbons (Fsp3) is 0.800. The van der Waals surface area contributed by atoms with Gasteiger partial charge < -0.3 is 15.0 Å². The first-order chi connectivity index (χ1) is 7.74. The van der Waals surface area contributed by atoms with Gasteiger partial charge in [-0.1, -0.05) is 5.21 Å². The lowest BCUT2D eigenvalue weighted by Gasteiger charge is -2.16. The summed E-state index contributed by atoms with van der Waals surface area (Å²) in [4.78, 5) is 2.23. The van der Waals surface area contributed by atoms with Crippen LogP contribution in [0.1, 0.15) is 5.69 Å². The summed E-state index contributed by atoms with van der Waals surface area (Å²) in [6.45, 7) is 4.51. The highest BCUT2D eigenvalue weighted by molar-refractivity contribution is 4.91. The molecule has 0 spiro atoms. The standard InChI is InChI=1S/C10H21N5O/c1-14(6-7-16-3)5-4-11-8-10-9-12-13-15(10)2/h9,11H,4-8H2,1-3H3. The molecule has 0 saturated heterocycles. The lowest BCUT2D eigenvalue weighted by molar-refractivity contribution is 0.161. The summed E-state index contributed by atoms with van der Waals surface area (Å²) in [5.74, 6) is 0. The Bertz CT molecular complexity index is 288. The molecule has 16 heavy (non-hydrogen) atoms. The Balaban J connectivity index is 2.06. The lowest BCUT2D eigenvalue weighted by atomic mass is 10.4. The van der Waals surface area contributed by atoms with Gasteiger partial charge in [-0.25, -0.2) is 0 Å². The molecule has 6 nitrogen and oxygen atoms in total. The third-order valence-electron chi connectivity index (χ3n) is 2.46. The maximum Gasteiger partial charge on any atom is 0.0738 e. The average Bonchev–Trinajstić information content (AvgIpc) is 2.67. The van der Waals surface area contributed by atoms with Crippen LogP contribution in [0.3, 0.4) is 0 Å². The number of nitrogens with zero attached hydrogens (tertiary/aromatic N) is 4. The minimum absolute atomic E-state index is 0.780. The third-order valence-corrected chi connectivity index (χ3v) is 2.46. The average molecular weight is 227 g/mol. The molecule has 0 aliphatic rings. The van der Waals surface area contributed by atoms with Crippen LogP contribution < -0.4 is 5.32 Å². The quantitative estimate of drug-likeness (QED) is 0.606. The summed E-state index contributed by atoms with van der Waals surface area (Å²) in [5, 5.41) is 11.0. The van der Waals surface area contributed by atoms with Crippen molar-refractivity contribution >= 4 is 0 Å². The molecule has 6 heteroatoms. The molecule has 0 aromatic carbocycles. The molecular formula is C10H21N5O. The maximum atomic E-state index is 5.01. The van der Waals surface area contributed by atoms with E-state index >= 15 is 0 Å². The van der Waals surface area contributed by atoms with Crippen LogP contribution in [0.4, 0.5) is 0 Å². The lowest BCUT2D eigenvalue weighted by Crippen LogP contribution is -2.31. The first-order valence-corrected chi connectivity index (χ1v) is 5.45. The Kier molecular flexibility index (Phi) is 5.99. The first-order valence-electron chi connectivity index (χ1n) is 5.45. The summed E-state index contributed by atoms with van der Waals surface area (Å²) in [5.41, 5.74) is 1.10. The van der Waals surface area contributed by atoms with E-state index in [1.807, 2.05) is 7.05 Å². The van der Waals surface area contributed by atoms with Gasteiger partial charge in [-0.15, -0.1) is 5.10 Å². The summed E-state index contributed by atoms with van der Waals surface area (Å²) >= 11 is 0. The molecule has 0 amide bonds. The zero-order valence-corrected chi connectivity index (χ0v) is 10.3. The van der Waals surface area contributed by atoms with Crippen molar-refractivity contribution in [3.8, 4) is 0 Å². The van der Waals surface area contributed by atoms with Crippen molar-refractivity contribution in [3.63, 3.8) is 0 Å². The minimum Gasteiger partial charge on any atom is -0.383 e. The molecule has 0 unspecified atom stereocenters. The van der Waals surface area contributed by atoms with E-state index in [4.69, 9.17) is 4.74 Å². The highest BCUT2D eigenvalue weighted by Gasteiger charge is 2.00. The molecule has 0 aliphatic heterocycles. The van der Waals surface area contributed by atoms with Crippen molar-refractivity contribution in [1.29, 1.82) is 0 Å². The van der Waals surface area contributed by atoms with Gasteiger partial charge in [0, 0.05) is 40.3 Å². The molecule has 0 atom stereocenters. The van der Waals surface area contributed by atoms with Gasteiger partial charge in [0.25, 0.3) is 0 Å². The second-order valence-electron chi connectivity index (χ2n) is 3.82. The van der Waals surface area contributed by atoms with Crippen molar-refractivity contribution in [2.24, 2.45) is 7.05 Å². The number of ether oxygens (including phenoxy) is 1. The van der Waals surface area contributed by atoms with Crippen LogP contribution in [0.5, 0.6) is 0 Å². The zero-order valence-electron chi connectivity index (χ0n) is 10.3. The number of rotatable bonds is 8. The second kappa shape index (κ2) is 7.32. The van der Waals surface area contributed by atoms with Gasteiger partial charge in [0.05, 0.1) is 18.5 Å². The predicted molar refractivity (Wildman–Crippen MR) is 62.1 cm³/mol.